The summed E-state index contributed by atoms with van der Waals surface area (Å²) in [7, 11) is 0. The van der Waals surface area contributed by atoms with Crippen molar-refractivity contribution in [2.75, 3.05) is 0 Å². The minimum atomic E-state index is 0.653. The zero-order valence-electron chi connectivity index (χ0n) is 20.7. The summed E-state index contributed by atoms with van der Waals surface area (Å²) in [6.07, 6.45) is 4.27. The SMILES string of the molecule is CC1=NC(c2ccc(-c3nc(-c4ccccc4)nc(-c4ccc(-c5ccccc5)cc4)n3)cc2)=CCC1. The molecule has 1 aromatic heterocycles. The summed E-state index contributed by atoms with van der Waals surface area (Å²) in [6.45, 7) is 2.09. The molecule has 0 saturated carbocycles. The van der Waals surface area contributed by atoms with Crippen molar-refractivity contribution in [1.82, 2.24) is 15.0 Å². The fourth-order valence-electron chi connectivity index (χ4n) is 4.49. The zero-order chi connectivity index (χ0) is 25.0. The molecule has 4 nitrogen and oxygen atoms in total. The Kier molecular flexibility index (Phi) is 6.22. The second-order valence-corrected chi connectivity index (χ2v) is 9.17. The van der Waals surface area contributed by atoms with Crippen LogP contribution in [-0.2, 0) is 0 Å². The average Bonchev–Trinajstić information content (AvgIpc) is 2.98. The largest absolute Gasteiger partial charge is 0.258 e. The van der Waals surface area contributed by atoms with Crippen molar-refractivity contribution in [2.24, 2.45) is 4.99 Å². The first-order chi connectivity index (χ1) is 18.2. The number of hydrogen-bond acceptors (Lipinski definition) is 4. The van der Waals surface area contributed by atoms with Crippen LogP contribution in [0, 0.1) is 0 Å². The van der Waals surface area contributed by atoms with Gasteiger partial charge in [0.1, 0.15) is 0 Å². The van der Waals surface area contributed by atoms with E-state index in [1.165, 1.54) is 11.3 Å². The van der Waals surface area contributed by atoms with Gasteiger partial charge in [-0.1, -0.05) is 115 Å². The Morgan fingerprint density at radius 2 is 0.865 bits per heavy atom. The Hall–Kier alpha value is -4.70. The number of rotatable bonds is 5. The van der Waals surface area contributed by atoms with Crippen LogP contribution >= 0.6 is 0 Å². The van der Waals surface area contributed by atoms with E-state index in [0.717, 1.165) is 46.4 Å². The van der Waals surface area contributed by atoms with Gasteiger partial charge in [-0.15, -0.1) is 0 Å². The van der Waals surface area contributed by atoms with E-state index in [-0.39, 0.29) is 0 Å². The lowest BCUT2D eigenvalue weighted by Gasteiger charge is -2.11. The lowest BCUT2D eigenvalue weighted by Crippen LogP contribution is -2.00. The Bertz CT molecular complexity index is 1580. The van der Waals surface area contributed by atoms with E-state index >= 15 is 0 Å². The first kappa shape index (κ1) is 22.7. The summed E-state index contributed by atoms with van der Waals surface area (Å²) in [5, 5.41) is 0. The van der Waals surface area contributed by atoms with Gasteiger partial charge in [0, 0.05) is 22.4 Å². The molecule has 6 rings (SSSR count). The maximum Gasteiger partial charge on any atom is 0.164 e. The Morgan fingerprint density at radius 1 is 0.459 bits per heavy atom. The van der Waals surface area contributed by atoms with Gasteiger partial charge in [-0.25, -0.2) is 15.0 Å². The Balaban J connectivity index is 1.39. The van der Waals surface area contributed by atoms with Gasteiger partial charge in [0.15, 0.2) is 17.5 Å². The predicted molar refractivity (Wildman–Crippen MR) is 152 cm³/mol. The van der Waals surface area contributed by atoms with E-state index in [2.05, 4.69) is 85.8 Å². The average molecular weight is 479 g/mol. The molecular weight excluding hydrogens is 452 g/mol. The van der Waals surface area contributed by atoms with Crippen LogP contribution in [0.2, 0.25) is 0 Å². The molecular formula is C33H26N4. The zero-order valence-corrected chi connectivity index (χ0v) is 20.7. The molecule has 2 heterocycles. The highest BCUT2D eigenvalue weighted by Crippen LogP contribution is 2.28. The molecule has 5 aromatic rings. The molecule has 0 radical (unpaired) electrons. The number of aromatic nitrogens is 3. The van der Waals surface area contributed by atoms with E-state index < -0.39 is 0 Å². The second kappa shape index (κ2) is 10.1. The van der Waals surface area contributed by atoms with E-state index in [1.807, 2.05) is 36.4 Å². The monoisotopic (exact) mass is 478 g/mol. The third-order valence-electron chi connectivity index (χ3n) is 6.51. The van der Waals surface area contributed by atoms with Crippen molar-refractivity contribution in [1.29, 1.82) is 0 Å². The number of allylic oxidation sites excluding steroid dienone is 1. The number of aliphatic imine (C=N–C) groups is 1. The topological polar surface area (TPSA) is 51.0 Å². The van der Waals surface area contributed by atoms with E-state index in [9.17, 15) is 0 Å². The third-order valence-corrected chi connectivity index (χ3v) is 6.51. The Morgan fingerprint density at radius 3 is 1.38 bits per heavy atom. The van der Waals surface area contributed by atoms with Crippen LogP contribution in [0.4, 0.5) is 0 Å². The summed E-state index contributed by atoms with van der Waals surface area (Å²) in [5.74, 6) is 1.97. The van der Waals surface area contributed by atoms with Crippen LogP contribution in [-0.4, -0.2) is 20.7 Å². The summed E-state index contributed by atoms with van der Waals surface area (Å²) in [5.41, 5.74) is 8.52. The third kappa shape index (κ3) is 5.00. The molecule has 37 heavy (non-hydrogen) atoms. The quantitative estimate of drug-likeness (QED) is 0.256. The van der Waals surface area contributed by atoms with Crippen LogP contribution in [0.1, 0.15) is 25.3 Å². The number of hydrogen-bond donors (Lipinski definition) is 0. The molecule has 0 aliphatic carbocycles. The number of benzene rings is 4. The van der Waals surface area contributed by atoms with Gasteiger partial charge in [-0.3, -0.25) is 4.99 Å². The van der Waals surface area contributed by atoms with Gasteiger partial charge in [0.05, 0.1) is 5.70 Å². The standard InChI is InChI=1S/C33H26N4/c1-23-9-8-14-30(34-23)26-17-21-29(22-18-26)33-36-31(27-12-6-3-7-13-27)35-32(37-33)28-19-15-25(16-20-28)24-10-4-2-5-11-24/h2-7,10-22H,8-9H2,1H3. The van der Waals surface area contributed by atoms with Crippen molar-refractivity contribution >= 4 is 11.4 Å². The van der Waals surface area contributed by atoms with E-state index in [4.69, 9.17) is 19.9 Å². The maximum absolute atomic E-state index is 4.89. The number of nitrogens with zero attached hydrogens (tertiary/aromatic N) is 4. The first-order valence-corrected chi connectivity index (χ1v) is 12.6. The smallest absolute Gasteiger partial charge is 0.164 e. The minimum Gasteiger partial charge on any atom is -0.258 e. The molecule has 4 heteroatoms. The summed E-state index contributed by atoms with van der Waals surface area (Å²) >= 11 is 0. The first-order valence-electron chi connectivity index (χ1n) is 12.6. The molecule has 0 atom stereocenters. The molecule has 0 amide bonds. The van der Waals surface area contributed by atoms with Crippen molar-refractivity contribution in [3.63, 3.8) is 0 Å². The highest BCUT2D eigenvalue weighted by Gasteiger charge is 2.13. The van der Waals surface area contributed by atoms with Crippen LogP contribution in [0.25, 0.3) is 51.0 Å². The van der Waals surface area contributed by atoms with Crippen molar-refractivity contribution < 1.29 is 0 Å². The summed E-state index contributed by atoms with van der Waals surface area (Å²) < 4.78 is 0. The van der Waals surface area contributed by atoms with Crippen LogP contribution < -0.4 is 0 Å². The molecule has 1 aliphatic rings. The Labute approximate surface area is 217 Å². The fourth-order valence-corrected chi connectivity index (χ4v) is 4.49. The second-order valence-electron chi connectivity index (χ2n) is 9.17. The highest BCUT2D eigenvalue weighted by atomic mass is 15.0. The highest BCUT2D eigenvalue weighted by molar-refractivity contribution is 5.90. The van der Waals surface area contributed by atoms with Gasteiger partial charge >= 0.3 is 0 Å². The molecule has 4 aromatic carbocycles. The molecule has 0 spiro atoms. The summed E-state index contributed by atoms with van der Waals surface area (Å²) in [6, 6.07) is 37.2. The predicted octanol–water partition coefficient (Wildman–Crippen LogP) is 8.14. The van der Waals surface area contributed by atoms with Crippen molar-refractivity contribution in [3.8, 4) is 45.3 Å². The van der Waals surface area contributed by atoms with Crippen molar-refractivity contribution in [3.05, 3.63) is 121 Å². The molecule has 0 unspecified atom stereocenters. The van der Waals surface area contributed by atoms with E-state index in [0.29, 0.717) is 17.5 Å². The summed E-state index contributed by atoms with van der Waals surface area (Å²) in [4.78, 5) is 19.3. The molecule has 0 saturated heterocycles. The molecule has 1 aliphatic heterocycles. The van der Waals surface area contributed by atoms with Gasteiger partial charge in [0.2, 0.25) is 0 Å². The molecule has 0 N–H and O–H groups in total. The van der Waals surface area contributed by atoms with Crippen LogP contribution in [0.5, 0.6) is 0 Å². The molecule has 178 valence electrons. The maximum atomic E-state index is 4.89. The lowest BCUT2D eigenvalue weighted by molar-refractivity contribution is 1.06. The van der Waals surface area contributed by atoms with E-state index in [1.54, 1.807) is 0 Å². The van der Waals surface area contributed by atoms with Gasteiger partial charge in [0.25, 0.3) is 0 Å². The van der Waals surface area contributed by atoms with Gasteiger partial charge in [-0.05, 0) is 36.5 Å². The fraction of sp³-hybridized carbons (Fsp3) is 0.0909. The molecule has 0 fully saturated rings. The van der Waals surface area contributed by atoms with Gasteiger partial charge in [-0.2, -0.15) is 0 Å². The lowest BCUT2D eigenvalue weighted by atomic mass is 10.0. The molecule has 0 bridgehead atoms. The normalized spacial score (nSPS) is 13.1. The van der Waals surface area contributed by atoms with Gasteiger partial charge < -0.3 is 0 Å². The van der Waals surface area contributed by atoms with Crippen LogP contribution in [0.15, 0.2) is 120 Å². The van der Waals surface area contributed by atoms with Crippen molar-refractivity contribution in [2.45, 2.75) is 19.8 Å². The van der Waals surface area contributed by atoms with Crippen LogP contribution in [0.3, 0.4) is 0 Å². The minimum absolute atomic E-state index is 0.653.